The topological polar surface area (TPSA) is 80.6 Å². The first-order valence-corrected chi connectivity index (χ1v) is 10.3. The molecule has 0 radical (unpaired) electrons. The second kappa shape index (κ2) is 9.70. The molecule has 0 saturated heterocycles. The first-order valence-electron chi connectivity index (χ1n) is 10.3. The summed E-state index contributed by atoms with van der Waals surface area (Å²) in [6, 6.07) is 4.75. The van der Waals surface area contributed by atoms with Crippen LogP contribution in [0.1, 0.15) is 41.4 Å². The Balaban J connectivity index is 2.07. The molecule has 6 nitrogen and oxygen atoms in total. The van der Waals surface area contributed by atoms with Gasteiger partial charge in [0.1, 0.15) is 5.75 Å². The minimum Gasteiger partial charge on any atom is -0.503 e. The zero-order valence-electron chi connectivity index (χ0n) is 18.2. The Bertz CT molecular complexity index is 1230. The van der Waals surface area contributed by atoms with Gasteiger partial charge in [0.25, 0.3) is 5.91 Å². The summed E-state index contributed by atoms with van der Waals surface area (Å²) < 4.78 is 70.9. The highest BCUT2D eigenvalue weighted by Gasteiger charge is 2.31. The molecule has 0 atom stereocenters. The molecule has 1 aromatic heterocycles. The number of fused-ring (bicyclic) bond motifs is 1. The van der Waals surface area contributed by atoms with Gasteiger partial charge in [-0.2, -0.15) is 0 Å². The van der Waals surface area contributed by atoms with Gasteiger partial charge in [0, 0.05) is 29.3 Å². The van der Waals surface area contributed by atoms with E-state index in [2.05, 4.69) is 10.1 Å². The summed E-state index contributed by atoms with van der Waals surface area (Å²) in [7, 11) is 0. The third-order valence-electron chi connectivity index (χ3n) is 5.22. The molecule has 2 aromatic carbocycles. The van der Waals surface area contributed by atoms with Crippen molar-refractivity contribution in [3.63, 3.8) is 0 Å². The van der Waals surface area contributed by atoms with Gasteiger partial charge in [-0.05, 0) is 43.2 Å². The summed E-state index contributed by atoms with van der Waals surface area (Å²) in [4.78, 5) is 25.6. The van der Waals surface area contributed by atoms with Crippen molar-refractivity contribution in [1.82, 2.24) is 9.88 Å². The van der Waals surface area contributed by atoms with Crippen molar-refractivity contribution in [2.75, 3.05) is 6.54 Å². The fraction of sp³-hybridized carbons (Fsp3) is 0.304. The van der Waals surface area contributed by atoms with Crippen molar-refractivity contribution >= 4 is 22.7 Å². The molecule has 182 valence electrons. The van der Waals surface area contributed by atoms with Gasteiger partial charge in [0.05, 0.1) is 11.9 Å². The predicted octanol–water partition coefficient (Wildman–Crippen LogP) is 4.98. The van der Waals surface area contributed by atoms with E-state index >= 15 is 0 Å². The number of carbonyl (C=O) groups is 2. The van der Waals surface area contributed by atoms with Crippen molar-refractivity contribution in [2.24, 2.45) is 0 Å². The lowest BCUT2D eigenvalue weighted by Gasteiger charge is -2.11. The van der Waals surface area contributed by atoms with Crippen molar-refractivity contribution < 1.29 is 41.4 Å². The van der Waals surface area contributed by atoms with E-state index in [9.17, 15) is 36.6 Å². The van der Waals surface area contributed by atoms with Gasteiger partial charge in [-0.3, -0.25) is 14.2 Å². The number of benzene rings is 2. The van der Waals surface area contributed by atoms with Crippen molar-refractivity contribution in [3.05, 3.63) is 58.8 Å². The number of aromatic hydroxyl groups is 1. The molecule has 1 heterocycles. The summed E-state index contributed by atoms with van der Waals surface area (Å²) in [5.74, 6) is -5.70. The molecule has 0 aliphatic carbocycles. The SMILES string of the molecule is CCCCNC(=O)Cc1c(C)n(C(=O)c2ccc(OC(F)(F)F)cc2)c2cc(F)c(O)c(F)c12. The highest BCUT2D eigenvalue weighted by atomic mass is 19.4. The summed E-state index contributed by atoms with van der Waals surface area (Å²) in [6.45, 7) is 3.74. The molecule has 0 bridgehead atoms. The van der Waals surface area contributed by atoms with E-state index in [1.807, 2.05) is 6.92 Å². The molecule has 0 aliphatic heterocycles. The van der Waals surface area contributed by atoms with Crippen LogP contribution in [0.15, 0.2) is 30.3 Å². The largest absolute Gasteiger partial charge is 0.573 e. The van der Waals surface area contributed by atoms with E-state index in [0.29, 0.717) is 6.54 Å². The number of nitrogens with one attached hydrogen (secondary N) is 1. The van der Waals surface area contributed by atoms with Crippen LogP contribution in [0.4, 0.5) is 22.0 Å². The summed E-state index contributed by atoms with van der Waals surface area (Å²) >= 11 is 0. The number of hydrogen-bond donors (Lipinski definition) is 2. The second-order valence-corrected chi connectivity index (χ2v) is 7.57. The molecule has 1 amide bonds. The number of carbonyl (C=O) groups excluding carboxylic acids is 2. The predicted molar refractivity (Wildman–Crippen MR) is 113 cm³/mol. The van der Waals surface area contributed by atoms with Crippen molar-refractivity contribution in [3.8, 4) is 11.5 Å². The molecule has 2 N–H and O–H groups in total. The van der Waals surface area contributed by atoms with Crippen molar-refractivity contribution in [1.29, 1.82) is 0 Å². The monoisotopic (exact) mass is 484 g/mol. The molecular formula is C23H21F5N2O4. The molecule has 0 spiro atoms. The number of rotatable bonds is 7. The van der Waals surface area contributed by atoms with E-state index in [4.69, 9.17) is 0 Å². The zero-order chi connectivity index (χ0) is 25.2. The number of ether oxygens (including phenoxy) is 1. The van der Waals surface area contributed by atoms with Crippen LogP contribution in [0.5, 0.6) is 11.5 Å². The van der Waals surface area contributed by atoms with Gasteiger partial charge in [-0.15, -0.1) is 13.2 Å². The Morgan fingerprint density at radius 3 is 2.38 bits per heavy atom. The number of nitrogens with zero attached hydrogens (tertiary/aromatic N) is 1. The maximum Gasteiger partial charge on any atom is 0.573 e. The average molecular weight is 484 g/mol. The van der Waals surface area contributed by atoms with Gasteiger partial charge in [0.2, 0.25) is 5.91 Å². The van der Waals surface area contributed by atoms with Gasteiger partial charge in [-0.1, -0.05) is 13.3 Å². The molecule has 0 fully saturated rings. The summed E-state index contributed by atoms with van der Waals surface area (Å²) in [5, 5.41) is 12.1. The molecule has 11 heteroatoms. The quantitative estimate of drug-likeness (QED) is 0.366. The maximum atomic E-state index is 14.9. The van der Waals surface area contributed by atoms with E-state index < -0.39 is 41.3 Å². The standard InChI is InChI=1S/C23H21F5N2O4/c1-3-4-9-29-18(31)10-15-12(2)30(17-11-16(24)21(32)20(25)19(15)17)22(33)13-5-7-14(8-6-13)34-23(26,27)28/h5-8,11,32H,3-4,9-10H2,1-2H3,(H,29,31). The summed E-state index contributed by atoms with van der Waals surface area (Å²) in [6.07, 6.45) is -3.70. The van der Waals surface area contributed by atoms with Gasteiger partial charge in [-0.25, -0.2) is 8.78 Å². The van der Waals surface area contributed by atoms with Crippen LogP contribution in [0.25, 0.3) is 10.9 Å². The third kappa shape index (κ3) is 5.13. The molecule has 0 aliphatic rings. The normalized spacial score (nSPS) is 11.6. The lowest BCUT2D eigenvalue weighted by molar-refractivity contribution is -0.274. The fourth-order valence-electron chi connectivity index (χ4n) is 3.59. The Labute approximate surface area is 190 Å². The average Bonchev–Trinajstić information content (AvgIpc) is 3.02. The van der Waals surface area contributed by atoms with E-state index in [1.54, 1.807) is 0 Å². The summed E-state index contributed by atoms with van der Waals surface area (Å²) in [5.41, 5.74) is -0.142. The number of alkyl halides is 3. The van der Waals surface area contributed by atoms with Gasteiger partial charge < -0.3 is 15.2 Å². The van der Waals surface area contributed by atoms with Crippen LogP contribution in [0.3, 0.4) is 0 Å². The Kier molecular flexibility index (Phi) is 7.13. The highest BCUT2D eigenvalue weighted by molar-refractivity contribution is 6.05. The first-order chi connectivity index (χ1) is 15.9. The maximum absolute atomic E-state index is 14.9. The Morgan fingerprint density at radius 1 is 1.15 bits per heavy atom. The van der Waals surface area contributed by atoms with Crippen LogP contribution in [0, 0.1) is 18.6 Å². The lowest BCUT2D eigenvalue weighted by atomic mass is 10.1. The van der Waals surface area contributed by atoms with E-state index in [0.717, 1.165) is 47.7 Å². The number of unbranched alkanes of at least 4 members (excludes halogenated alkanes) is 1. The number of halogens is 5. The molecule has 0 unspecified atom stereocenters. The number of hydrogen-bond acceptors (Lipinski definition) is 4. The van der Waals surface area contributed by atoms with Crippen molar-refractivity contribution in [2.45, 2.75) is 39.5 Å². The minimum atomic E-state index is -4.91. The lowest BCUT2D eigenvalue weighted by Crippen LogP contribution is -2.26. The molecule has 3 aromatic rings. The number of aromatic nitrogens is 1. The Hall–Kier alpha value is -3.63. The Morgan fingerprint density at radius 2 is 1.79 bits per heavy atom. The molecule has 3 rings (SSSR count). The van der Waals surface area contributed by atoms with Crippen LogP contribution >= 0.6 is 0 Å². The van der Waals surface area contributed by atoms with Crippen LogP contribution in [-0.2, 0) is 11.2 Å². The fourth-order valence-corrected chi connectivity index (χ4v) is 3.59. The number of phenolic OH excluding ortho intramolecular Hbond substituents is 1. The first kappa shape index (κ1) is 25.0. The molecular weight excluding hydrogens is 463 g/mol. The molecule has 0 saturated carbocycles. The zero-order valence-corrected chi connectivity index (χ0v) is 18.2. The highest BCUT2D eigenvalue weighted by Crippen LogP contribution is 2.35. The molecule has 34 heavy (non-hydrogen) atoms. The van der Waals surface area contributed by atoms with Gasteiger partial charge in [0.15, 0.2) is 17.4 Å². The van der Waals surface area contributed by atoms with Crippen LogP contribution in [-0.4, -0.2) is 34.4 Å². The third-order valence-corrected chi connectivity index (χ3v) is 5.22. The smallest absolute Gasteiger partial charge is 0.503 e. The van der Waals surface area contributed by atoms with E-state index in [-0.39, 0.29) is 34.1 Å². The van der Waals surface area contributed by atoms with Gasteiger partial charge >= 0.3 is 6.36 Å². The van der Waals surface area contributed by atoms with E-state index in [1.165, 1.54) is 6.92 Å². The van der Waals surface area contributed by atoms with Crippen LogP contribution in [0.2, 0.25) is 0 Å². The van der Waals surface area contributed by atoms with Crippen LogP contribution < -0.4 is 10.1 Å². The minimum absolute atomic E-state index is 0.0715. The number of amides is 1. The second-order valence-electron chi connectivity index (χ2n) is 7.57. The number of phenols is 1.